The summed E-state index contributed by atoms with van der Waals surface area (Å²) in [5.74, 6) is -0.588. The van der Waals surface area contributed by atoms with Gasteiger partial charge in [0, 0.05) is 24.2 Å². The van der Waals surface area contributed by atoms with Crippen LogP contribution in [0, 0.1) is 0 Å². The van der Waals surface area contributed by atoms with Crippen LogP contribution in [0.5, 0.6) is 0 Å². The molecule has 11 heteroatoms. The van der Waals surface area contributed by atoms with E-state index >= 15 is 0 Å². The van der Waals surface area contributed by atoms with E-state index in [1.807, 2.05) is 12.1 Å². The third-order valence-electron chi connectivity index (χ3n) is 4.77. The van der Waals surface area contributed by atoms with E-state index in [2.05, 4.69) is 15.5 Å². The predicted octanol–water partition coefficient (Wildman–Crippen LogP) is 6.14. The second kappa shape index (κ2) is 10.8. The Morgan fingerprint density at radius 1 is 1.06 bits per heavy atom. The fourth-order valence-corrected chi connectivity index (χ4v) is 4.15. The first-order chi connectivity index (χ1) is 15.8. The zero-order chi connectivity index (χ0) is 23.4. The van der Waals surface area contributed by atoms with Crippen molar-refractivity contribution in [2.75, 3.05) is 6.54 Å². The fourth-order valence-electron chi connectivity index (χ4n) is 3.18. The van der Waals surface area contributed by atoms with Crippen molar-refractivity contribution in [3.63, 3.8) is 0 Å². The molecule has 4 rings (SSSR count). The zero-order valence-electron chi connectivity index (χ0n) is 17.5. The number of aromatic nitrogens is 2. The average molecular weight is 510 g/mol. The highest BCUT2D eigenvalue weighted by molar-refractivity contribution is 7.16. The van der Waals surface area contributed by atoms with E-state index in [-0.39, 0.29) is 41.0 Å². The number of benzene rings is 2. The molecule has 0 atom stereocenters. The molecule has 0 aliphatic heterocycles. The minimum atomic E-state index is -4.51. The second-order valence-corrected chi connectivity index (χ2v) is 8.21. The first-order valence-electron chi connectivity index (χ1n) is 9.93. The van der Waals surface area contributed by atoms with Gasteiger partial charge in [-0.1, -0.05) is 59.8 Å². The molecule has 4 aromatic rings. The number of hydrogen-bond acceptors (Lipinski definition) is 6. The van der Waals surface area contributed by atoms with Gasteiger partial charge in [-0.3, -0.25) is 4.79 Å². The fraction of sp³-hybridized carbons (Fsp3) is 0.174. The van der Waals surface area contributed by atoms with Gasteiger partial charge >= 0.3 is 12.1 Å². The van der Waals surface area contributed by atoms with Crippen LogP contribution in [0.2, 0.25) is 0 Å². The van der Waals surface area contributed by atoms with Crippen LogP contribution in [-0.4, -0.2) is 27.8 Å². The summed E-state index contributed by atoms with van der Waals surface area (Å²) in [7, 11) is 0. The van der Waals surface area contributed by atoms with Crippen molar-refractivity contribution in [2.45, 2.75) is 19.1 Å². The minimum absolute atomic E-state index is 0. The van der Waals surface area contributed by atoms with Gasteiger partial charge in [0.2, 0.25) is 5.82 Å². The summed E-state index contributed by atoms with van der Waals surface area (Å²) in [5.41, 5.74) is 2.12. The Morgan fingerprint density at radius 3 is 2.41 bits per heavy atom. The van der Waals surface area contributed by atoms with Crippen LogP contribution in [-0.2, 0) is 17.5 Å². The number of carboxylic acids is 1. The number of hydrogen-bond donors (Lipinski definition) is 2. The SMILES string of the molecule is Cl.O=C(O)CCNCc1ccc(-c2noc(-c3cc(-c4ccccc4)c(C(F)(F)F)s3)n2)cc1. The smallest absolute Gasteiger partial charge is 0.426 e. The van der Waals surface area contributed by atoms with Gasteiger partial charge in [-0.15, -0.1) is 23.7 Å². The maximum atomic E-state index is 13.6. The normalized spacial score (nSPS) is 11.3. The summed E-state index contributed by atoms with van der Waals surface area (Å²) in [6.07, 6.45) is -4.47. The van der Waals surface area contributed by atoms with Crippen molar-refractivity contribution >= 4 is 29.7 Å². The summed E-state index contributed by atoms with van der Waals surface area (Å²) in [6, 6.07) is 17.0. The Bertz CT molecular complexity index is 1240. The Labute approximate surface area is 202 Å². The molecule has 0 bridgehead atoms. The van der Waals surface area contributed by atoms with Gasteiger partial charge in [-0.05, 0) is 17.2 Å². The minimum Gasteiger partial charge on any atom is -0.481 e. The lowest BCUT2D eigenvalue weighted by atomic mass is 10.1. The highest BCUT2D eigenvalue weighted by atomic mass is 35.5. The molecule has 0 aliphatic rings. The molecular weight excluding hydrogens is 491 g/mol. The molecule has 0 saturated carbocycles. The van der Waals surface area contributed by atoms with Gasteiger partial charge < -0.3 is 14.9 Å². The van der Waals surface area contributed by atoms with E-state index in [4.69, 9.17) is 9.63 Å². The maximum absolute atomic E-state index is 13.6. The monoisotopic (exact) mass is 509 g/mol. The molecule has 6 nitrogen and oxygen atoms in total. The quantitative estimate of drug-likeness (QED) is 0.277. The average Bonchev–Trinajstić information content (AvgIpc) is 3.45. The molecule has 2 N–H and O–H groups in total. The molecule has 0 spiro atoms. The van der Waals surface area contributed by atoms with Crippen molar-refractivity contribution in [3.8, 4) is 33.3 Å². The van der Waals surface area contributed by atoms with Crippen molar-refractivity contribution < 1.29 is 27.6 Å². The van der Waals surface area contributed by atoms with Crippen LogP contribution in [0.4, 0.5) is 13.2 Å². The van der Waals surface area contributed by atoms with Crippen LogP contribution in [0.1, 0.15) is 16.9 Å². The lowest BCUT2D eigenvalue weighted by Gasteiger charge is -2.07. The van der Waals surface area contributed by atoms with E-state index in [1.165, 1.54) is 6.07 Å². The number of alkyl halides is 3. The molecule has 2 heterocycles. The van der Waals surface area contributed by atoms with Gasteiger partial charge in [0.15, 0.2) is 0 Å². The van der Waals surface area contributed by atoms with Crippen LogP contribution in [0.15, 0.2) is 65.2 Å². The molecule has 0 unspecified atom stereocenters. The van der Waals surface area contributed by atoms with Crippen molar-refractivity contribution in [1.29, 1.82) is 0 Å². The van der Waals surface area contributed by atoms with E-state index in [0.29, 0.717) is 35.6 Å². The van der Waals surface area contributed by atoms with E-state index in [9.17, 15) is 18.0 Å². The van der Waals surface area contributed by atoms with Crippen molar-refractivity contribution in [2.24, 2.45) is 0 Å². The molecule has 0 fully saturated rings. The molecular formula is C23H19ClF3N3O3S. The third kappa shape index (κ3) is 6.02. The third-order valence-corrected chi connectivity index (χ3v) is 5.94. The maximum Gasteiger partial charge on any atom is 0.426 e. The Kier molecular flexibility index (Phi) is 8.08. The number of carboxylic acid groups (broad SMARTS) is 1. The van der Waals surface area contributed by atoms with Gasteiger partial charge in [0.05, 0.1) is 11.3 Å². The zero-order valence-corrected chi connectivity index (χ0v) is 19.1. The largest absolute Gasteiger partial charge is 0.481 e. The summed E-state index contributed by atoms with van der Waals surface area (Å²) >= 11 is 0.567. The first kappa shape index (κ1) is 25.4. The molecule has 34 heavy (non-hydrogen) atoms. The van der Waals surface area contributed by atoms with Crippen LogP contribution in [0.25, 0.3) is 33.3 Å². The number of thiophene rings is 1. The Hall–Kier alpha value is -3.21. The summed E-state index contributed by atoms with van der Waals surface area (Å²) < 4.78 is 46.2. The number of nitrogens with zero attached hydrogens (tertiary/aromatic N) is 2. The number of halogens is 4. The second-order valence-electron chi connectivity index (χ2n) is 7.16. The molecule has 2 aromatic heterocycles. The van der Waals surface area contributed by atoms with E-state index in [1.54, 1.807) is 42.5 Å². The summed E-state index contributed by atoms with van der Waals surface area (Å²) in [6.45, 7) is 0.861. The predicted molar refractivity (Wildman–Crippen MR) is 125 cm³/mol. The van der Waals surface area contributed by atoms with Crippen molar-refractivity contribution in [3.05, 3.63) is 71.1 Å². The van der Waals surface area contributed by atoms with Crippen LogP contribution in [0.3, 0.4) is 0 Å². The van der Waals surface area contributed by atoms with E-state index < -0.39 is 17.0 Å². The molecule has 2 aromatic carbocycles. The molecule has 0 amide bonds. The van der Waals surface area contributed by atoms with Gasteiger partial charge in [0.1, 0.15) is 4.88 Å². The number of carbonyl (C=O) groups is 1. The highest BCUT2D eigenvalue weighted by Crippen LogP contribution is 2.45. The molecule has 0 radical (unpaired) electrons. The highest BCUT2D eigenvalue weighted by Gasteiger charge is 2.37. The van der Waals surface area contributed by atoms with Crippen molar-refractivity contribution in [1.82, 2.24) is 15.5 Å². The summed E-state index contributed by atoms with van der Waals surface area (Å²) in [5, 5.41) is 15.6. The van der Waals surface area contributed by atoms with Gasteiger partial charge in [0.25, 0.3) is 5.89 Å². The number of aliphatic carboxylic acids is 1. The summed E-state index contributed by atoms with van der Waals surface area (Å²) in [4.78, 5) is 14.3. The molecule has 0 saturated heterocycles. The molecule has 0 aliphatic carbocycles. The van der Waals surface area contributed by atoms with Gasteiger partial charge in [-0.2, -0.15) is 18.2 Å². The topological polar surface area (TPSA) is 88.2 Å². The Morgan fingerprint density at radius 2 is 1.76 bits per heavy atom. The number of nitrogens with one attached hydrogen (secondary N) is 1. The van der Waals surface area contributed by atoms with Crippen LogP contribution < -0.4 is 5.32 Å². The van der Waals surface area contributed by atoms with E-state index in [0.717, 1.165) is 5.56 Å². The lowest BCUT2D eigenvalue weighted by Crippen LogP contribution is -2.17. The first-order valence-corrected chi connectivity index (χ1v) is 10.8. The lowest BCUT2D eigenvalue weighted by molar-refractivity contribution is -0.137. The van der Waals surface area contributed by atoms with Crippen LogP contribution >= 0.6 is 23.7 Å². The molecule has 178 valence electrons. The number of rotatable bonds is 8. The Balaban J connectivity index is 0.00000324. The van der Waals surface area contributed by atoms with Gasteiger partial charge in [-0.25, -0.2) is 0 Å². The standard InChI is InChI=1S/C23H18F3N3O3S.ClH/c24-23(25,26)20-17(15-4-2-1-3-5-15)12-18(33-20)22-28-21(29-32-22)16-8-6-14(7-9-16)13-27-11-10-19(30)31;/h1-9,12,27H,10-11,13H2,(H,30,31);1H.